The zero-order chi connectivity index (χ0) is 12.1. The van der Waals surface area contributed by atoms with Crippen molar-refractivity contribution in [3.8, 4) is 11.5 Å². The predicted octanol–water partition coefficient (Wildman–Crippen LogP) is -0.873. The number of quaternary nitrogens is 1. The van der Waals surface area contributed by atoms with E-state index >= 15 is 0 Å². The lowest BCUT2D eigenvalue weighted by atomic mass is 10.1. The summed E-state index contributed by atoms with van der Waals surface area (Å²) < 4.78 is 10.4. The van der Waals surface area contributed by atoms with Crippen LogP contribution in [0.25, 0.3) is 0 Å². The first-order valence-electron chi connectivity index (χ1n) is 4.94. The summed E-state index contributed by atoms with van der Waals surface area (Å²) in [5.41, 5.74) is 4.03. The molecule has 0 aliphatic heterocycles. The highest BCUT2D eigenvalue weighted by molar-refractivity contribution is 5.72. The quantitative estimate of drug-likeness (QED) is 0.705. The molecule has 3 N–H and O–H groups in total. The molecule has 1 aromatic carbocycles. The van der Waals surface area contributed by atoms with Gasteiger partial charge < -0.3 is 25.1 Å². The van der Waals surface area contributed by atoms with Crippen LogP contribution in [0, 0.1) is 0 Å². The van der Waals surface area contributed by atoms with E-state index in [1.54, 1.807) is 18.2 Å². The smallest absolute Gasteiger partial charge is 0.161 e. The number of carboxylic acids is 1. The highest BCUT2D eigenvalue weighted by atomic mass is 16.5. The molecule has 5 heteroatoms. The van der Waals surface area contributed by atoms with Crippen molar-refractivity contribution in [2.24, 2.45) is 0 Å². The van der Waals surface area contributed by atoms with Gasteiger partial charge in [-0.15, -0.1) is 0 Å². The summed E-state index contributed by atoms with van der Waals surface area (Å²) in [6, 6.07) is 3.99. The minimum Gasteiger partial charge on any atom is -0.544 e. The van der Waals surface area contributed by atoms with E-state index in [1.807, 2.05) is 6.92 Å². The number of rotatable bonds is 5. The molecule has 0 fully saturated rings. The fourth-order valence-corrected chi connectivity index (χ4v) is 1.31. The van der Waals surface area contributed by atoms with Crippen molar-refractivity contribution >= 4 is 5.97 Å². The molecule has 88 valence electrons. The third kappa shape index (κ3) is 2.64. The Balaban J connectivity index is 3.03. The minimum absolute atomic E-state index is 0.495. The molecule has 16 heavy (non-hydrogen) atoms. The molecule has 0 saturated carbocycles. The van der Waals surface area contributed by atoms with Crippen LogP contribution in [0.2, 0.25) is 0 Å². The highest BCUT2D eigenvalue weighted by Crippen LogP contribution is 2.29. The maximum atomic E-state index is 10.7. The van der Waals surface area contributed by atoms with Gasteiger partial charge in [0.25, 0.3) is 0 Å². The third-order valence-electron chi connectivity index (χ3n) is 2.17. The van der Waals surface area contributed by atoms with Gasteiger partial charge in [-0.1, -0.05) is 0 Å². The first kappa shape index (κ1) is 12.3. The molecule has 0 bridgehead atoms. The van der Waals surface area contributed by atoms with Crippen molar-refractivity contribution < 1.29 is 25.1 Å². The predicted molar refractivity (Wildman–Crippen MR) is 54.8 cm³/mol. The second kappa shape index (κ2) is 5.37. The second-order valence-electron chi connectivity index (χ2n) is 3.21. The average molecular weight is 225 g/mol. The van der Waals surface area contributed by atoms with Crippen LogP contribution >= 0.6 is 0 Å². The number of hydrogen-bond donors (Lipinski definition) is 1. The van der Waals surface area contributed by atoms with E-state index < -0.39 is 12.0 Å². The van der Waals surface area contributed by atoms with Crippen LogP contribution in [0.3, 0.4) is 0 Å². The van der Waals surface area contributed by atoms with E-state index in [9.17, 15) is 9.90 Å². The molecule has 0 unspecified atom stereocenters. The van der Waals surface area contributed by atoms with E-state index in [4.69, 9.17) is 9.47 Å². The number of carboxylic acid groups (broad SMARTS) is 1. The summed E-state index contributed by atoms with van der Waals surface area (Å²) in [5, 5.41) is 10.7. The van der Waals surface area contributed by atoms with Crippen molar-refractivity contribution in [3.63, 3.8) is 0 Å². The van der Waals surface area contributed by atoms with Gasteiger partial charge in [0.1, 0.15) is 5.97 Å². The van der Waals surface area contributed by atoms with Crippen LogP contribution in [0.1, 0.15) is 18.5 Å². The number of carbonyl (C=O) groups excluding carboxylic acids is 1. The molecular formula is C11H15NO4. The molecule has 1 aromatic rings. The number of ether oxygens (including phenoxy) is 2. The minimum atomic E-state index is -1.22. The van der Waals surface area contributed by atoms with Gasteiger partial charge in [-0.2, -0.15) is 0 Å². The Kier molecular flexibility index (Phi) is 4.13. The zero-order valence-corrected chi connectivity index (χ0v) is 9.36. The van der Waals surface area contributed by atoms with Gasteiger partial charge in [-0.3, -0.25) is 0 Å². The summed E-state index contributed by atoms with van der Waals surface area (Å²) in [5.74, 6) is -0.139. The van der Waals surface area contributed by atoms with Crippen molar-refractivity contribution in [3.05, 3.63) is 23.8 Å². The Morgan fingerprint density at radius 1 is 1.50 bits per heavy atom. The zero-order valence-electron chi connectivity index (χ0n) is 9.36. The Morgan fingerprint density at radius 2 is 2.19 bits per heavy atom. The van der Waals surface area contributed by atoms with E-state index in [-0.39, 0.29) is 0 Å². The molecule has 0 radical (unpaired) electrons. The van der Waals surface area contributed by atoms with Gasteiger partial charge in [0, 0.05) is 5.56 Å². The second-order valence-corrected chi connectivity index (χ2v) is 3.21. The molecule has 0 saturated heterocycles. The van der Waals surface area contributed by atoms with Gasteiger partial charge >= 0.3 is 0 Å². The van der Waals surface area contributed by atoms with Crippen LogP contribution < -0.4 is 20.3 Å². The van der Waals surface area contributed by atoms with Crippen LogP contribution in [0.15, 0.2) is 18.2 Å². The summed E-state index contributed by atoms with van der Waals surface area (Å²) in [4.78, 5) is 10.7. The number of aliphatic carboxylic acids is 1. The summed E-state index contributed by atoms with van der Waals surface area (Å²) in [7, 11) is 1.50. The molecule has 0 aliphatic carbocycles. The first-order chi connectivity index (χ1) is 7.60. The van der Waals surface area contributed by atoms with Gasteiger partial charge in [-0.05, 0) is 25.1 Å². The van der Waals surface area contributed by atoms with Crippen LogP contribution in [0.5, 0.6) is 11.5 Å². The number of methoxy groups -OCH3 is 1. The van der Waals surface area contributed by atoms with Crippen molar-refractivity contribution in [2.75, 3.05) is 13.7 Å². The van der Waals surface area contributed by atoms with Gasteiger partial charge in [0.15, 0.2) is 17.5 Å². The van der Waals surface area contributed by atoms with Crippen LogP contribution in [-0.4, -0.2) is 19.7 Å². The van der Waals surface area contributed by atoms with Crippen molar-refractivity contribution in [2.45, 2.75) is 13.0 Å². The molecule has 0 spiro atoms. The number of carbonyl (C=O) groups is 1. The summed E-state index contributed by atoms with van der Waals surface area (Å²) >= 11 is 0. The maximum Gasteiger partial charge on any atom is 0.161 e. The van der Waals surface area contributed by atoms with E-state index in [0.29, 0.717) is 23.7 Å². The summed E-state index contributed by atoms with van der Waals surface area (Å²) in [6.45, 7) is 2.38. The fourth-order valence-electron chi connectivity index (χ4n) is 1.31. The highest BCUT2D eigenvalue weighted by Gasteiger charge is 2.14. The molecule has 0 amide bonds. The van der Waals surface area contributed by atoms with Gasteiger partial charge in [0.05, 0.1) is 13.7 Å². The third-order valence-corrected chi connectivity index (χ3v) is 2.17. The number of benzene rings is 1. The monoisotopic (exact) mass is 225 g/mol. The molecule has 5 nitrogen and oxygen atoms in total. The Bertz CT molecular complexity index is 378. The van der Waals surface area contributed by atoms with Gasteiger partial charge in [-0.25, -0.2) is 0 Å². The van der Waals surface area contributed by atoms with Crippen LogP contribution in [-0.2, 0) is 4.79 Å². The molecule has 1 atom stereocenters. The van der Waals surface area contributed by atoms with Crippen LogP contribution in [0.4, 0.5) is 0 Å². The Hall–Kier alpha value is -1.75. The Labute approximate surface area is 93.8 Å². The normalized spacial score (nSPS) is 11.9. The number of hydrogen-bond acceptors (Lipinski definition) is 4. The molecule has 0 heterocycles. The SMILES string of the molecule is CCOc1ccc([C@H]([NH3+])C(=O)[O-])cc1OC. The largest absolute Gasteiger partial charge is 0.544 e. The van der Waals surface area contributed by atoms with E-state index in [1.165, 1.54) is 7.11 Å². The van der Waals surface area contributed by atoms with E-state index in [2.05, 4.69) is 5.73 Å². The summed E-state index contributed by atoms with van der Waals surface area (Å²) in [6.07, 6.45) is 0. The maximum absolute atomic E-state index is 10.7. The molecule has 1 rings (SSSR count). The van der Waals surface area contributed by atoms with Crippen molar-refractivity contribution in [1.29, 1.82) is 0 Å². The molecule has 0 aromatic heterocycles. The van der Waals surface area contributed by atoms with Crippen molar-refractivity contribution in [1.82, 2.24) is 0 Å². The topological polar surface area (TPSA) is 86.2 Å². The standard InChI is InChI=1S/C11H15NO4/c1-3-16-8-5-4-7(6-9(8)15-2)10(12)11(13)14/h4-6,10H,3,12H2,1-2H3,(H,13,14)/t10-/m0/s1. The Morgan fingerprint density at radius 3 is 2.69 bits per heavy atom. The lowest BCUT2D eigenvalue weighted by molar-refractivity contribution is -0.443. The first-order valence-corrected chi connectivity index (χ1v) is 4.94. The lowest BCUT2D eigenvalue weighted by Gasteiger charge is -2.13. The lowest BCUT2D eigenvalue weighted by Crippen LogP contribution is -2.61. The molecular weight excluding hydrogens is 210 g/mol. The van der Waals surface area contributed by atoms with E-state index in [0.717, 1.165) is 0 Å². The fraction of sp³-hybridized carbons (Fsp3) is 0.364. The average Bonchev–Trinajstić information content (AvgIpc) is 2.29. The van der Waals surface area contributed by atoms with Gasteiger partial charge in [0.2, 0.25) is 0 Å². The molecule has 0 aliphatic rings.